The van der Waals surface area contributed by atoms with Gasteiger partial charge in [-0.25, -0.2) is 0 Å². The van der Waals surface area contributed by atoms with E-state index in [0.717, 1.165) is 43.1 Å². The van der Waals surface area contributed by atoms with Crippen molar-refractivity contribution in [2.45, 2.75) is 0 Å². The smallest absolute Gasteiger partial charge is 0.151 e. The normalized spacial score (nSPS) is 14.7. The van der Waals surface area contributed by atoms with E-state index in [9.17, 15) is 0 Å². The minimum atomic E-state index is 0.927. The number of hydrogen-bond donors (Lipinski definition) is 0. The molecule has 24 heavy (non-hydrogen) atoms. The third-order valence-corrected chi connectivity index (χ3v) is 4.29. The predicted molar refractivity (Wildman–Crippen MR) is 93.9 cm³/mol. The molecule has 6 heteroatoms. The number of pyridine rings is 2. The van der Waals surface area contributed by atoms with Crippen molar-refractivity contribution in [1.29, 1.82) is 0 Å². The Balaban J connectivity index is 1.48. The average molecular weight is 318 g/mol. The molecule has 6 nitrogen and oxygen atoms in total. The minimum Gasteiger partial charge on any atom is -0.368 e. The molecule has 4 rings (SSSR count). The molecule has 120 valence electrons. The monoisotopic (exact) mass is 318 g/mol. The van der Waals surface area contributed by atoms with Crippen molar-refractivity contribution < 1.29 is 0 Å². The lowest BCUT2D eigenvalue weighted by Gasteiger charge is -2.36. The van der Waals surface area contributed by atoms with Gasteiger partial charge in [0.05, 0.1) is 6.20 Å². The zero-order chi connectivity index (χ0) is 16.2. The van der Waals surface area contributed by atoms with Crippen LogP contribution in [0, 0.1) is 0 Å². The fourth-order valence-corrected chi connectivity index (χ4v) is 2.96. The number of piperazine rings is 1. The zero-order valence-corrected chi connectivity index (χ0v) is 13.3. The number of nitrogens with zero attached hydrogens (tertiary/aromatic N) is 6. The third-order valence-electron chi connectivity index (χ3n) is 4.29. The Labute approximate surface area is 140 Å². The molecule has 0 atom stereocenters. The van der Waals surface area contributed by atoms with Crippen molar-refractivity contribution >= 4 is 11.5 Å². The van der Waals surface area contributed by atoms with Crippen molar-refractivity contribution in [1.82, 2.24) is 20.2 Å². The molecule has 0 spiro atoms. The van der Waals surface area contributed by atoms with Crippen LogP contribution in [0.25, 0.3) is 11.1 Å². The van der Waals surface area contributed by atoms with Crippen LogP contribution in [0.15, 0.2) is 61.3 Å². The number of anilines is 2. The van der Waals surface area contributed by atoms with Crippen molar-refractivity contribution in [3.8, 4) is 11.1 Å². The van der Waals surface area contributed by atoms with Crippen LogP contribution in [-0.2, 0) is 0 Å². The number of hydrogen-bond acceptors (Lipinski definition) is 6. The Bertz CT molecular complexity index is 785. The molecule has 0 aromatic carbocycles. The van der Waals surface area contributed by atoms with E-state index in [0.29, 0.717) is 0 Å². The summed E-state index contributed by atoms with van der Waals surface area (Å²) in [6.07, 6.45) is 9.06. The molecule has 0 aliphatic carbocycles. The van der Waals surface area contributed by atoms with Gasteiger partial charge in [0.25, 0.3) is 0 Å². The number of rotatable bonds is 3. The van der Waals surface area contributed by atoms with Crippen LogP contribution < -0.4 is 9.80 Å². The maximum absolute atomic E-state index is 4.32. The molecule has 0 N–H and O–H groups in total. The standard InChI is InChI=1S/C18H18N6/c1-5-19-6-2-15(1)16-13-18(22-21-14-16)24-11-9-23(10-12-24)17-3-7-20-8-4-17/h1-8,13-14H,9-12H2. The Morgan fingerprint density at radius 2 is 1.33 bits per heavy atom. The Morgan fingerprint density at radius 1 is 0.708 bits per heavy atom. The summed E-state index contributed by atoms with van der Waals surface area (Å²) in [6, 6.07) is 10.2. The fraction of sp³-hybridized carbons (Fsp3) is 0.222. The van der Waals surface area contributed by atoms with Gasteiger partial charge in [0.2, 0.25) is 0 Å². The van der Waals surface area contributed by atoms with Gasteiger partial charge in [-0.15, -0.1) is 5.10 Å². The first-order valence-corrected chi connectivity index (χ1v) is 8.03. The summed E-state index contributed by atoms with van der Waals surface area (Å²) in [6.45, 7) is 3.78. The molecule has 0 saturated carbocycles. The first-order chi connectivity index (χ1) is 11.9. The second-order valence-corrected chi connectivity index (χ2v) is 5.72. The third kappa shape index (κ3) is 3.03. The molecule has 3 aromatic rings. The molecule has 0 bridgehead atoms. The van der Waals surface area contributed by atoms with Crippen LogP contribution in [-0.4, -0.2) is 46.3 Å². The molecule has 1 fully saturated rings. The largest absolute Gasteiger partial charge is 0.368 e. The summed E-state index contributed by atoms with van der Waals surface area (Å²) in [4.78, 5) is 12.8. The van der Waals surface area contributed by atoms with E-state index < -0.39 is 0 Å². The zero-order valence-electron chi connectivity index (χ0n) is 13.3. The van der Waals surface area contributed by atoms with Gasteiger partial charge in [-0.3, -0.25) is 9.97 Å². The average Bonchev–Trinajstić information content (AvgIpc) is 2.70. The summed E-state index contributed by atoms with van der Waals surface area (Å²) < 4.78 is 0. The van der Waals surface area contributed by atoms with Crippen molar-refractivity contribution in [2.24, 2.45) is 0 Å². The maximum Gasteiger partial charge on any atom is 0.151 e. The van der Waals surface area contributed by atoms with Crippen molar-refractivity contribution in [3.05, 3.63) is 61.3 Å². The molecular weight excluding hydrogens is 300 g/mol. The Hall–Kier alpha value is -3.02. The molecule has 0 unspecified atom stereocenters. The first kappa shape index (κ1) is 14.6. The molecule has 1 saturated heterocycles. The molecule has 0 amide bonds. The van der Waals surface area contributed by atoms with Crippen LogP contribution in [0.1, 0.15) is 0 Å². The predicted octanol–water partition coefficient (Wildman–Crippen LogP) is 2.26. The highest BCUT2D eigenvalue weighted by Gasteiger charge is 2.19. The van der Waals surface area contributed by atoms with E-state index in [1.165, 1.54) is 5.69 Å². The quantitative estimate of drug-likeness (QED) is 0.738. The first-order valence-electron chi connectivity index (χ1n) is 8.03. The lowest BCUT2D eigenvalue weighted by molar-refractivity contribution is 0.643. The summed E-state index contributed by atoms with van der Waals surface area (Å²) in [5.41, 5.74) is 3.40. The van der Waals surface area contributed by atoms with E-state index >= 15 is 0 Å². The lowest BCUT2D eigenvalue weighted by Crippen LogP contribution is -2.46. The van der Waals surface area contributed by atoms with Gasteiger partial charge in [0, 0.05) is 62.2 Å². The highest BCUT2D eigenvalue weighted by Crippen LogP contribution is 2.23. The van der Waals surface area contributed by atoms with Gasteiger partial charge in [0.15, 0.2) is 5.82 Å². The maximum atomic E-state index is 4.32. The summed E-state index contributed by atoms with van der Waals surface area (Å²) in [7, 11) is 0. The van der Waals surface area contributed by atoms with Crippen LogP contribution in [0.2, 0.25) is 0 Å². The molecule has 0 radical (unpaired) electrons. The van der Waals surface area contributed by atoms with Gasteiger partial charge in [-0.1, -0.05) is 0 Å². The highest BCUT2D eigenvalue weighted by atomic mass is 15.3. The van der Waals surface area contributed by atoms with E-state index in [1.54, 1.807) is 18.6 Å². The van der Waals surface area contributed by atoms with E-state index in [2.05, 4.69) is 48.2 Å². The van der Waals surface area contributed by atoms with Crippen molar-refractivity contribution in [2.75, 3.05) is 36.0 Å². The van der Waals surface area contributed by atoms with Gasteiger partial charge in [0.1, 0.15) is 0 Å². The van der Waals surface area contributed by atoms with E-state index in [-0.39, 0.29) is 0 Å². The van der Waals surface area contributed by atoms with Crippen molar-refractivity contribution in [3.63, 3.8) is 0 Å². The molecular formula is C18H18N6. The summed E-state index contributed by atoms with van der Waals surface area (Å²) in [5, 5.41) is 8.50. The highest BCUT2D eigenvalue weighted by molar-refractivity contribution is 5.65. The minimum absolute atomic E-state index is 0.927. The number of aromatic nitrogens is 4. The van der Waals surface area contributed by atoms with Gasteiger partial charge in [-0.2, -0.15) is 5.10 Å². The van der Waals surface area contributed by atoms with Gasteiger partial charge < -0.3 is 9.80 Å². The van der Waals surface area contributed by atoms with Crippen LogP contribution in [0.5, 0.6) is 0 Å². The van der Waals surface area contributed by atoms with Gasteiger partial charge in [-0.05, 0) is 35.9 Å². The topological polar surface area (TPSA) is 58.0 Å². The molecule has 3 aromatic heterocycles. The van der Waals surface area contributed by atoms with Crippen LogP contribution in [0.3, 0.4) is 0 Å². The Kier molecular flexibility index (Phi) is 4.02. The van der Waals surface area contributed by atoms with E-state index in [1.807, 2.05) is 24.5 Å². The molecule has 1 aliphatic rings. The SMILES string of the molecule is c1cc(-c2cnnc(N3CCN(c4ccncc4)CC3)c2)ccn1. The second-order valence-electron chi connectivity index (χ2n) is 5.72. The second kappa shape index (κ2) is 6.62. The fourth-order valence-electron chi connectivity index (χ4n) is 2.96. The molecule has 4 heterocycles. The van der Waals surface area contributed by atoms with Gasteiger partial charge >= 0.3 is 0 Å². The van der Waals surface area contributed by atoms with Crippen LogP contribution in [0.4, 0.5) is 11.5 Å². The summed E-state index contributed by atoms with van der Waals surface area (Å²) in [5.74, 6) is 0.929. The summed E-state index contributed by atoms with van der Waals surface area (Å²) >= 11 is 0. The van der Waals surface area contributed by atoms with E-state index in [4.69, 9.17) is 0 Å². The van der Waals surface area contributed by atoms with Crippen LogP contribution >= 0.6 is 0 Å². The lowest BCUT2D eigenvalue weighted by atomic mass is 10.1. The Morgan fingerprint density at radius 3 is 2.04 bits per heavy atom. The molecule has 1 aliphatic heterocycles.